The Bertz CT molecular complexity index is 649. The second kappa shape index (κ2) is 6.86. The first-order valence-corrected chi connectivity index (χ1v) is 8.10. The van der Waals surface area contributed by atoms with E-state index in [9.17, 15) is 18.0 Å². The lowest BCUT2D eigenvalue weighted by atomic mass is 10.1. The van der Waals surface area contributed by atoms with Gasteiger partial charge in [0.2, 0.25) is 5.28 Å². The van der Waals surface area contributed by atoms with Gasteiger partial charge in [-0.2, -0.15) is 18.2 Å². The van der Waals surface area contributed by atoms with E-state index in [4.69, 9.17) is 16.3 Å². The van der Waals surface area contributed by atoms with Crippen LogP contribution >= 0.6 is 11.6 Å². The number of carbonyl (C=O) groups excluding carboxylic acids is 1. The van der Waals surface area contributed by atoms with E-state index in [2.05, 4.69) is 9.97 Å². The average Bonchev–Trinajstić information content (AvgIpc) is 2.43. The van der Waals surface area contributed by atoms with Crippen molar-refractivity contribution in [3.63, 3.8) is 0 Å². The average molecular weight is 381 g/mol. The number of aromatic nitrogens is 2. The summed E-state index contributed by atoms with van der Waals surface area (Å²) in [6.07, 6.45) is -4.41. The number of piperazine rings is 1. The summed E-state index contributed by atoms with van der Waals surface area (Å²) in [7, 11) is 0. The highest BCUT2D eigenvalue weighted by molar-refractivity contribution is 6.28. The van der Waals surface area contributed by atoms with Crippen molar-refractivity contribution in [3.05, 3.63) is 17.0 Å². The molecular formula is C15H20ClF3N4O2. The number of carbonyl (C=O) groups is 1. The molecule has 0 aromatic carbocycles. The van der Waals surface area contributed by atoms with Crippen LogP contribution in [0.3, 0.4) is 0 Å². The molecule has 1 fully saturated rings. The molecule has 0 aliphatic carbocycles. The van der Waals surface area contributed by atoms with Crippen molar-refractivity contribution < 1.29 is 22.7 Å². The molecule has 0 N–H and O–H groups in total. The van der Waals surface area contributed by atoms with Gasteiger partial charge in [-0.15, -0.1) is 0 Å². The minimum Gasteiger partial charge on any atom is -0.444 e. The van der Waals surface area contributed by atoms with E-state index in [0.717, 1.165) is 0 Å². The zero-order chi connectivity index (χ0) is 19.0. The molecule has 1 aromatic heterocycles. The predicted octanol–water partition coefficient (Wildman–Crippen LogP) is 3.59. The molecule has 2 rings (SSSR count). The summed E-state index contributed by atoms with van der Waals surface area (Å²) in [6.45, 7) is 7.58. The molecule has 6 nitrogen and oxygen atoms in total. The fraction of sp³-hybridized carbons (Fsp3) is 0.667. The van der Waals surface area contributed by atoms with Crippen molar-refractivity contribution in [2.24, 2.45) is 0 Å². The van der Waals surface area contributed by atoms with E-state index >= 15 is 0 Å². The van der Waals surface area contributed by atoms with Crippen molar-refractivity contribution in [3.8, 4) is 0 Å². The SMILES string of the molecule is C[C@@H]1CN(c2nc(Cl)ncc2C(F)(F)F)CCN1C(=O)OC(C)(C)C. The minimum absolute atomic E-state index is 0.176. The first kappa shape index (κ1) is 19.6. The lowest BCUT2D eigenvalue weighted by Crippen LogP contribution is -2.55. The van der Waals surface area contributed by atoms with Gasteiger partial charge in [0.15, 0.2) is 0 Å². The first-order valence-electron chi connectivity index (χ1n) is 7.73. The normalized spacial score (nSPS) is 19.1. The largest absolute Gasteiger partial charge is 0.444 e. The van der Waals surface area contributed by atoms with E-state index in [1.165, 1.54) is 9.80 Å². The Morgan fingerprint density at radius 3 is 2.48 bits per heavy atom. The number of alkyl halides is 3. The number of nitrogens with zero attached hydrogens (tertiary/aromatic N) is 4. The van der Waals surface area contributed by atoms with E-state index in [0.29, 0.717) is 6.20 Å². The summed E-state index contributed by atoms with van der Waals surface area (Å²) in [6, 6.07) is -0.349. The molecule has 1 saturated heterocycles. The number of halogens is 4. The van der Waals surface area contributed by atoms with Crippen LogP contribution in [-0.2, 0) is 10.9 Å². The lowest BCUT2D eigenvalue weighted by molar-refractivity contribution is -0.137. The fourth-order valence-electron chi connectivity index (χ4n) is 2.53. The van der Waals surface area contributed by atoms with Crippen molar-refractivity contribution in [2.75, 3.05) is 24.5 Å². The van der Waals surface area contributed by atoms with Crippen LogP contribution in [0.4, 0.5) is 23.8 Å². The number of rotatable bonds is 1. The molecule has 1 aliphatic rings. The molecule has 1 amide bonds. The van der Waals surface area contributed by atoms with Crippen LogP contribution in [0.15, 0.2) is 6.20 Å². The van der Waals surface area contributed by atoms with Gasteiger partial charge in [-0.3, -0.25) is 0 Å². The molecule has 10 heteroatoms. The Kier molecular flexibility index (Phi) is 5.36. The van der Waals surface area contributed by atoms with Crippen molar-refractivity contribution in [1.29, 1.82) is 0 Å². The van der Waals surface area contributed by atoms with Gasteiger partial charge in [-0.1, -0.05) is 0 Å². The van der Waals surface area contributed by atoms with Gasteiger partial charge in [0.1, 0.15) is 17.0 Å². The minimum atomic E-state index is -4.59. The van der Waals surface area contributed by atoms with Gasteiger partial charge >= 0.3 is 12.3 Å². The van der Waals surface area contributed by atoms with Crippen LogP contribution in [0.2, 0.25) is 5.28 Å². The van der Waals surface area contributed by atoms with Gasteiger partial charge in [0.25, 0.3) is 0 Å². The van der Waals surface area contributed by atoms with E-state index in [-0.39, 0.29) is 36.8 Å². The van der Waals surface area contributed by atoms with Gasteiger partial charge in [-0.05, 0) is 39.3 Å². The van der Waals surface area contributed by atoms with Crippen LogP contribution in [0, 0.1) is 0 Å². The predicted molar refractivity (Wildman–Crippen MR) is 86.7 cm³/mol. The first-order chi connectivity index (χ1) is 11.4. The third-order valence-corrected chi connectivity index (χ3v) is 3.78. The summed E-state index contributed by atoms with van der Waals surface area (Å²) in [5.74, 6) is -0.275. The van der Waals surface area contributed by atoms with Gasteiger partial charge < -0.3 is 14.5 Å². The summed E-state index contributed by atoms with van der Waals surface area (Å²) in [4.78, 5) is 22.3. The molecule has 0 radical (unpaired) electrons. The zero-order valence-electron chi connectivity index (χ0n) is 14.4. The lowest BCUT2D eigenvalue weighted by Gasteiger charge is -2.41. The highest BCUT2D eigenvalue weighted by Crippen LogP contribution is 2.36. The summed E-state index contributed by atoms with van der Waals surface area (Å²) < 4.78 is 44.9. The van der Waals surface area contributed by atoms with Crippen LogP contribution in [0.1, 0.15) is 33.3 Å². The van der Waals surface area contributed by atoms with Gasteiger partial charge in [0, 0.05) is 31.9 Å². The topological polar surface area (TPSA) is 58.6 Å². The number of amides is 1. The molecular weight excluding hydrogens is 361 g/mol. The molecule has 0 unspecified atom stereocenters. The van der Waals surface area contributed by atoms with Crippen LogP contribution in [0.5, 0.6) is 0 Å². The number of hydrogen-bond acceptors (Lipinski definition) is 5. The second-order valence-electron chi connectivity index (χ2n) is 6.84. The Labute approximate surface area is 148 Å². The van der Waals surface area contributed by atoms with Crippen LogP contribution in [-0.4, -0.2) is 52.2 Å². The third-order valence-electron chi connectivity index (χ3n) is 3.60. The molecule has 0 saturated carbocycles. The maximum absolute atomic E-state index is 13.2. The fourth-order valence-corrected chi connectivity index (χ4v) is 2.66. The quantitative estimate of drug-likeness (QED) is 0.697. The Morgan fingerprint density at radius 2 is 1.96 bits per heavy atom. The molecule has 1 atom stereocenters. The maximum atomic E-state index is 13.2. The third kappa shape index (κ3) is 4.87. The van der Waals surface area contributed by atoms with Crippen LogP contribution in [0.25, 0.3) is 0 Å². The molecule has 0 spiro atoms. The second-order valence-corrected chi connectivity index (χ2v) is 7.18. The van der Waals surface area contributed by atoms with E-state index < -0.39 is 23.4 Å². The Hall–Kier alpha value is -1.77. The highest BCUT2D eigenvalue weighted by atomic mass is 35.5. The zero-order valence-corrected chi connectivity index (χ0v) is 15.1. The molecule has 25 heavy (non-hydrogen) atoms. The standard InChI is InChI=1S/C15H20ClF3N4O2/c1-9-8-22(5-6-23(9)13(24)25-14(2,3)4)11-10(15(17,18)19)7-20-12(16)21-11/h7,9H,5-6,8H2,1-4H3/t9-/m1/s1. The van der Waals surface area contributed by atoms with E-state index in [1.807, 2.05) is 0 Å². The number of ether oxygens (including phenoxy) is 1. The molecule has 1 aromatic rings. The maximum Gasteiger partial charge on any atom is 0.421 e. The van der Waals surface area contributed by atoms with E-state index in [1.54, 1.807) is 27.7 Å². The number of anilines is 1. The van der Waals surface area contributed by atoms with Crippen molar-refractivity contribution in [2.45, 2.75) is 45.5 Å². The molecule has 0 bridgehead atoms. The Morgan fingerprint density at radius 1 is 1.32 bits per heavy atom. The molecule has 1 aliphatic heterocycles. The van der Waals surface area contributed by atoms with Crippen LogP contribution < -0.4 is 4.90 Å². The molecule has 140 valence electrons. The summed E-state index contributed by atoms with van der Waals surface area (Å²) >= 11 is 5.67. The van der Waals surface area contributed by atoms with Crippen molar-refractivity contribution >= 4 is 23.5 Å². The highest BCUT2D eigenvalue weighted by Gasteiger charge is 2.39. The molecule has 2 heterocycles. The monoisotopic (exact) mass is 380 g/mol. The smallest absolute Gasteiger partial charge is 0.421 e. The summed E-state index contributed by atoms with van der Waals surface area (Å²) in [5, 5.41) is -0.259. The number of hydrogen-bond donors (Lipinski definition) is 0. The Balaban J connectivity index is 2.19. The van der Waals surface area contributed by atoms with Gasteiger partial charge in [0.05, 0.1) is 0 Å². The summed E-state index contributed by atoms with van der Waals surface area (Å²) in [5.41, 5.74) is -1.59. The van der Waals surface area contributed by atoms with Crippen molar-refractivity contribution in [1.82, 2.24) is 14.9 Å². The van der Waals surface area contributed by atoms with Gasteiger partial charge in [-0.25, -0.2) is 9.78 Å².